The first kappa shape index (κ1) is 20.1. The third kappa shape index (κ3) is 4.59. The number of aryl methyl sites for hydroxylation is 1. The molecule has 3 rings (SSSR count). The molecule has 0 aliphatic rings. The standard InChI is InChI=1S/C21H25N3O3S/c1-13-16-11-17(20(26)27-14(2)18(25)22-21(3,4)5)28-19(16)24(23-13)12-15-9-7-6-8-10-15/h6-11,14H,12H2,1-5H3,(H,22,25)/t14-/m1/s1. The summed E-state index contributed by atoms with van der Waals surface area (Å²) in [5.74, 6) is -0.809. The van der Waals surface area contributed by atoms with Crippen molar-refractivity contribution in [1.29, 1.82) is 0 Å². The summed E-state index contributed by atoms with van der Waals surface area (Å²) in [6.07, 6.45) is -0.862. The van der Waals surface area contributed by atoms with Crippen LogP contribution in [-0.4, -0.2) is 33.3 Å². The molecule has 0 aliphatic heterocycles. The van der Waals surface area contributed by atoms with Crippen molar-refractivity contribution in [2.24, 2.45) is 0 Å². The Bertz CT molecular complexity index is 999. The van der Waals surface area contributed by atoms with E-state index >= 15 is 0 Å². The Morgan fingerprint density at radius 3 is 2.57 bits per heavy atom. The summed E-state index contributed by atoms with van der Waals surface area (Å²) >= 11 is 1.33. The SMILES string of the molecule is Cc1nn(Cc2ccccc2)c2sc(C(=O)O[C@H](C)C(=O)NC(C)(C)C)cc12. The summed E-state index contributed by atoms with van der Waals surface area (Å²) in [5, 5.41) is 8.33. The van der Waals surface area contributed by atoms with Gasteiger partial charge in [0, 0.05) is 10.9 Å². The topological polar surface area (TPSA) is 73.2 Å². The number of fused-ring (bicyclic) bond motifs is 1. The Morgan fingerprint density at radius 1 is 1.25 bits per heavy atom. The minimum atomic E-state index is -0.862. The Hall–Kier alpha value is -2.67. The van der Waals surface area contributed by atoms with Crippen LogP contribution >= 0.6 is 11.3 Å². The van der Waals surface area contributed by atoms with Crippen LogP contribution in [0.2, 0.25) is 0 Å². The molecule has 6 nitrogen and oxygen atoms in total. The van der Waals surface area contributed by atoms with Gasteiger partial charge in [0.2, 0.25) is 0 Å². The van der Waals surface area contributed by atoms with Crippen molar-refractivity contribution in [2.45, 2.75) is 52.8 Å². The monoisotopic (exact) mass is 399 g/mol. The molecule has 1 aromatic carbocycles. The molecule has 0 fully saturated rings. The van der Waals surface area contributed by atoms with E-state index in [2.05, 4.69) is 10.4 Å². The van der Waals surface area contributed by atoms with Crippen LogP contribution in [-0.2, 0) is 16.1 Å². The zero-order chi connectivity index (χ0) is 20.5. The Labute approximate surface area is 168 Å². The molecule has 0 spiro atoms. The highest BCUT2D eigenvalue weighted by Gasteiger charge is 2.24. The van der Waals surface area contributed by atoms with Gasteiger partial charge >= 0.3 is 5.97 Å². The van der Waals surface area contributed by atoms with Crippen molar-refractivity contribution < 1.29 is 14.3 Å². The highest BCUT2D eigenvalue weighted by Crippen LogP contribution is 2.29. The lowest BCUT2D eigenvalue weighted by atomic mass is 10.1. The quantitative estimate of drug-likeness (QED) is 0.660. The van der Waals surface area contributed by atoms with E-state index in [-0.39, 0.29) is 11.4 Å². The fraction of sp³-hybridized carbons (Fsp3) is 0.381. The van der Waals surface area contributed by atoms with Gasteiger partial charge in [-0.05, 0) is 46.2 Å². The lowest BCUT2D eigenvalue weighted by molar-refractivity contribution is -0.130. The number of esters is 1. The normalized spacial score (nSPS) is 12.8. The summed E-state index contributed by atoms with van der Waals surface area (Å²) in [4.78, 5) is 26.1. The van der Waals surface area contributed by atoms with E-state index in [1.807, 2.05) is 62.7 Å². The largest absolute Gasteiger partial charge is 0.448 e. The molecule has 0 unspecified atom stereocenters. The van der Waals surface area contributed by atoms with Gasteiger partial charge in [0.15, 0.2) is 6.10 Å². The average molecular weight is 400 g/mol. The van der Waals surface area contributed by atoms with Gasteiger partial charge in [-0.3, -0.25) is 9.48 Å². The number of nitrogens with one attached hydrogen (secondary N) is 1. The van der Waals surface area contributed by atoms with Crippen LogP contribution in [0, 0.1) is 6.92 Å². The fourth-order valence-corrected chi connectivity index (χ4v) is 3.86. The number of nitrogens with zero attached hydrogens (tertiary/aromatic N) is 2. The summed E-state index contributed by atoms with van der Waals surface area (Å²) in [6, 6.07) is 11.8. The van der Waals surface area contributed by atoms with E-state index in [0.717, 1.165) is 21.5 Å². The molecule has 2 heterocycles. The Morgan fingerprint density at radius 2 is 1.93 bits per heavy atom. The van der Waals surface area contributed by atoms with Crippen LogP contribution in [0.25, 0.3) is 10.2 Å². The Balaban J connectivity index is 1.77. The van der Waals surface area contributed by atoms with E-state index in [0.29, 0.717) is 11.4 Å². The first-order chi connectivity index (χ1) is 13.1. The maximum atomic E-state index is 12.6. The van der Waals surface area contributed by atoms with Gasteiger partial charge in [0.05, 0.1) is 12.2 Å². The number of benzene rings is 1. The maximum Gasteiger partial charge on any atom is 0.349 e. The van der Waals surface area contributed by atoms with Crippen LogP contribution in [0.1, 0.15) is 48.6 Å². The second-order valence-corrected chi connectivity index (χ2v) is 8.88. The third-order valence-electron chi connectivity index (χ3n) is 4.13. The number of thiophene rings is 1. The Kier molecular flexibility index (Phi) is 5.56. The van der Waals surface area contributed by atoms with Gasteiger partial charge in [-0.15, -0.1) is 11.3 Å². The number of aromatic nitrogens is 2. The summed E-state index contributed by atoms with van der Waals surface area (Å²) in [6.45, 7) is 9.77. The van der Waals surface area contributed by atoms with Gasteiger partial charge in [-0.25, -0.2) is 4.79 Å². The molecule has 1 amide bonds. The molecule has 7 heteroatoms. The van der Waals surface area contributed by atoms with E-state index in [1.165, 1.54) is 11.3 Å². The number of carbonyl (C=O) groups excluding carboxylic acids is 2. The number of rotatable bonds is 5. The highest BCUT2D eigenvalue weighted by atomic mass is 32.1. The highest BCUT2D eigenvalue weighted by molar-refractivity contribution is 7.20. The maximum absolute atomic E-state index is 12.6. The van der Waals surface area contributed by atoms with Gasteiger partial charge in [0.25, 0.3) is 5.91 Å². The second kappa shape index (κ2) is 7.75. The number of hydrogen-bond acceptors (Lipinski definition) is 5. The zero-order valence-corrected chi connectivity index (χ0v) is 17.6. The molecule has 28 heavy (non-hydrogen) atoms. The second-order valence-electron chi connectivity index (χ2n) is 7.84. The molecular formula is C21H25N3O3S. The third-order valence-corrected chi connectivity index (χ3v) is 5.26. The number of hydrogen-bond donors (Lipinski definition) is 1. The van der Waals surface area contributed by atoms with Crippen molar-refractivity contribution in [3.8, 4) is 0 Å². The average Bonchev–Trinajstić information content (AvgIpc) is 3.16. The minimum Gasteiger partial charge on any atom is -0.448 e. The lowest BCUT2D eigenvalue weighted by Gasteiger charge is -2.23. The minimum absolute atomic E-state index is 0.312. The smallest absolute Gasteiger partial charge is 0.349 e. The predicted molar refractivity (Wildman–Crippen MR) is 111 cm³/mol. The first-order valence-corrected chi connectivity index (χ1v) is 9.99. The van der Waals surface area contributed by atoms with Gasteiger partial charge in [0.1, 0.15) is 9.71 Å². The molecule has 2 aromatic heterocycles. The van der Waals surface area contributed by atoms with Crippen molar-refractivity contribution in [3.05, 3.63) is 52.5 Å². The molecule has 0 bridgehead atoms. The summed E-state index contributed by atoms with van der Waals surface area (Å²) < 4.78 is 7.27. The molecular weight excluding hydrogens is 374 g/mol. The molecule has 0 radical (unpaired) electrons. The molecule has 148 valence electrons. The zero-order valence-electron chi connectivity index (χ0n) is 16.8. The van der Waals surface area contributed by atoms with Crippen molar-refractivity contribution >= 4 is 33.4 Å². The van der Waals surface area contributed by atoms with Crippen molar-refractivity contribution in [2.75, 3.05) is 0 Å². The predicted octanol–water partition coefficient (Wildman–Crippen LogP) is 3.91. The molecule has 1 atom stereocenters. The fourth-order valence-electron chi connectivity index (χ4n) is 2.82. The van der Waals surface area contributed by atoms with Gasteiger partial charge in [-0.2, -0.15) is 5.10 Å². The van der Waals surface area contributed by atoms with Gasteiger partial charge < -0.3 is 10.1 Å². The molecule has 3 aromatic rings. The van der Waals surface area contributed by atoms with Gasteiger partial charge in [-0.1, -0.05) is 30.3 Å². The number of ether oxygens (including phenoxy) is 1. The van der Waals surface area contributed by atoms with Crippen LogP contribution in [0.15, 0.2) is 36.4 Å². The van der Waals surface area contributed by atoms with E-state index in [9.17, 15) is 9.59 Å². The molecule has 0 saturated heterocycles. The van der Waals surface area contributed by atoms with E-state index < -0.39 is 12.1 Å². The van der Waals surface area contributed by atoms with E-state index in [1.54, 1.807) is 13.0 Å². The van der Waals surface area contributed by atoms with Crippen LogP contribution in [0.3, 0.4) is 0 Å². The summed E-state index contributed by atoms with van der Waals surface area (Å²) in [5.41, 5.74) is 1.62. The van der Waals surface area contributed by atoms with Crippen LogP contribution in [0.5, 0.6) is 0 Å². The van der Waals surface area contributed by atoms with Crippen LogP contribution < -0.4 is 5.32 Å². The van der Waals surface area contributed by atoms with Crippen molar-refractivity contribution in [3.63, 3.8) is 0 Å². The van der Waals surface area contributed by atoms with Crippen LogP contribution in [0.4, 0.5) is 0 Å². The molecule has 0 aliphatic carbocycles. The lowest BCUT2D eigenvalue weighted by Crippen LogP contribution is -2.46. The number of carbonyl (C=O) groups is 2. The van der Waals surface area contributed by atoms with Crippen molar-refractivity contribution in [1.82, 2.24) is 15.1 Å². The summed E-state index contributed by atoms with van der Waals surface area (Å²) in [7, 11) is 0. The number of amides is 1. The first-order valence-electron chi connectivity index (χ1n) is 9.18. The van der Waals surface area contributed by atoms with E-state index in [4.69, 9.17) is 4.74 Å². The molecule has 0 saturated carbocycles. The molecule has 1 N–H and O–H groups in total.